The van der Waals surface area contributed by atoms with E-state index in [1.54, 1.807) is 7.11 Å². The molecule has 0 aromatic carbocycles. The summed E-state index contributed by atoms with van der Waals surface area (Å²) in [6.07, 6.45) is 4.57. The third kappa shape index (κ3) is 3.89. The molecule has 13 heavy (non-hydrogen) atoms. The van der Waals surface area contributed by atoms with Crippen LogP contribution >= 0.6 is 0 Å². The zero-order valence-electron chi connectivity index (χ0n) is 8.41. The average Bonchev–Trinajstić information content (AvgIpc) is 2.86. The Morgan fingerprint density at radius 2 is 2.38 bits per heavy atom. The summed E-state index contributed by atoms with van der Waals surface area (Å²) in [7, 11) is 1.69. The Kier molecular flexibility index (Phi) is 4.42. The first-order valence-corrected chi connectivity index (χ1v) is 4.87. The van der Waals surface area contributed by atoms with Gasteiger partial charge < -0.3 is 10.5 Å². The second kappa shape index (κ2) is 5.37. The van der Waals surface area contributed by atoms with E-state index in [9.17, 15) is 0 Å². The van der Waals surface area contributed by atoms with Crippen molar-refractivity contribution in [2.45, 2.75) is 24.9 Å². The van der Waals surface area contributed by atoms with Crippen LogP contribution in [-0.2, 0) is 4.74 Å². The molecule has 76 valence electrons. The number of rotatable bonds is 7. The van der Waals surface area contributed by atoms with Crippen molar-refractivity contribution in [3.8, 4) is 0 Å². The lowest BCUT2D eigenvalue weighted by molar-refractivity contribution is 0.155. The molecule has 2 N–H and O–H groups in total. The normalized spacial score (nSPS) is 19.0. The quantitative estimate of drug-likeness (QED) is 0.589. The fourth-order valence-corrected chi connectivity index (χ4v) is 1.55. The molecule has 3 heteroatoms. The maximum atomic E-state index is 5.88. The molecule has 1 aliphatic carbocycles. The molecule has 0 radical (unpaired) electrons. The van der Waals surface area contributed by atoms with Gasteiger partial charge in [0.15, 0.2) is 0 Å². The number of hydrogen-bond donors (Lipinski definition) is 1. The summed E-state index contributed by atoms with van der Waals surface area (Å²) in [6, 6.07) is 0.881. The van der Waals surface area contributed by atoms with Crippen LogP contribution in [-0.4, -0.2) is 43.8 Å². The van der Waals surface area contributed by atoms with Crippen LogP contribution in [0.1, 0.15) is 12.8 Å². The molecule has 1 rings (SSSR count). The van der Waals surface area contributed by atoms with Crippen molar-refractivity contribution in [2.24, 2.45) is 5.73 Å². The maximum Gasteiger partial charge on any atom is 0.0626 e. The van der Waals surface area contributed by atoms with Gasteiger partial charge in [-0.25, -0.2) is 0 Å². The molecule has 1 unspecified atom stereocenters. The Morgan fingerprint density at radius 1 is 1.69 bits per heavy atom. The third-order valence-electron chi connectivity index (χ3n) is 2.28. The van der Waals surface area contributed by atoms with Gasteiger partial charge in [-0.1, -0.05) is 6.08 Å². The zero-order valence-corrected chi connectivity index (χ0v) is 8.41. The number of nitrogens with zero attached hydrogens (tertiary/aromatic N) is 1. The Labute approximate surface area is 80.5 Å². The van der Waals surface area contributed by atoms with Gasteiger partial charge in [-0.15, -0.1) is 6.58 Å². The summed E-state index contributed by atoms with van der Waals surface area (Å²) in [5.41, 5.74) is 5.88. The van der Waals surface area contributed by atoms with Gasteiger partial charge in [-0.2, -0.15) is 0 Å². The number of nitrogens with two attached hydrogens (primary N) is 1. The van der Waals surface area contributed by atoms with E-state index in [4.69, 9.17) is 10.5 Å². The van der Waals surface area contributed by atoms with Gasteiger partial charge in [0.25, 0.3) is 0 Å². The van der Waals surface area contributed by atoms with Crippen LogP contribution in [0.5, 0.6) is 0 Å². The molecule has 1 fully saturated rings. The van der Waals surface area contributed by atoms with E-state index in [-0.39, 0.29) is 6.04 Å². The van der Waals surface area contributed by atoms with Crippen LogP contribution in [0.3, 0.4) is 0 Å². The Balaban J connectivity index is 2.23. The Bertz CT molecular complexity index is 157. The Morgan fingerprint density at radius 3 is 2.85 bits per heavy atom. The van der Waals surface area contributed by atoms with E-state index in [2.05, 4.69) is 11.5 Å². The van der Waals surface area contributed by atoms with Gasteiger partial charge in [0, 0.05) is 32.3 Å². The van der Waals surface area contributed by atoms with Crippen molar-refractivity contribution in [3.05, 3.63) is 12.7 Å². The first kappa shape index (κ1) is 10.7. The summed E-state index contributed by atoms with van der Waals surface area (Å²) in [6.45, 7) is 6.26. The molecular formula is C10H20N2O. The van der Waals surface area contributed by atoms with Crippen molar-refractivity contribution in [1.29, 1.82) is 0 Å². The predicted octanol–water partition coefficient (Wildman–Crippen LogP) is 0.611. The number of methoxy groups -OCH3 is 1. The van der Waals surface area contributed by atoms with Crippen LogP contribution in [0.25, 0.3) is 0 Å². The molecule has 3 nitrogen and oxygen atoms in total. The van der Waals surface area contributed by atoms with E-state index in [1.165, 1.54) is 12.8 Å². The summed E-state index contributed by atoms with van der Waals surface area (Å²) in [4.78, 5) is 2.39. The third-order valence-corrected chi connectivity index (χ3v) is 2.28. The summed E-state index contributed by atoms with van der Waals surface area (Å²) in [5.74, 6) is 0. The number of ether oxygens (including phenoxy) is 1. The minimum Gasteiger partial charge on any atom is -0.383 e. The minimum atomic E-state index is 0.130. The lowest BCUT2D eigenvalue weighted by Crippen LogP contribution is -2.41. The van der Waals surface area contributed by atoms with E-state index in [0.29, 0.717) is 6.61 Å². The predicted molar refractivity (Wildman–Crippen MR) is 54.6 cm³/mol. The fraction of sp³-hybridized carbons (Fsp3) is 0.800. The molecule has 0 saturated heterocycles. The van der Waals surface area contributed by atoms with Crippen molar-refractivity contribution >= 4 is 0 Å². The summed E-state index contributed by atoms with van der Waals surface area (Å²) >= 11 is 0. The zero-order chi connectivity index (χ0) is 9.68. The second-order valence-electron chi connectivity index (χ2n) is 3.69. The van der Waals surface area contributed by atoms with Crippen LogP contribution < -0.4 is 5.73 Å². The van der Waals surface area contributed by atoms with Crippen LogP contribution in [0.15, 0.2) is 12.7 Å². The second-order valence-corrected chi connectivity index (χ2v) is 3.69. The molecule has 1 saturated carbocycles. The van der Waals surface area contributed by atoms with Gasteiger partial charge in [0.2, 0.25) is 0 Å². The van der Waals surface area contributed by atoms with Crippen molar-refractivity contribution in [1.82, 2.24) is 4.90 Å². The fourth-order valence-electron chi connectivity index (χ4n) is 1.55. The molecule has 1 atom stereocenters. The summed E-state index contributed by atoms with van der Waals surface area (Å²) in [5, 5.41) is 0. The highest BCUT2D eigenvalue weighted by Gasteiger charge is 2.28. The lowest BCUT2D eigenvalue weighted by Gasteiger charge is -2.23. The largest absolute Gasteiger partial charge is 0.383 e. The smallest absolute Gasteiger partial charge is 0.0626 e. The molecule has 0 aromatic heterocycles. The minimum absolute atomic E-state index is 0.130. The van der Waals surface area contributed by atoms with Crippen molar-refractivity contribution in [2.75, 3.05) is 26.8 Å². The number of hydrogen-bond acceptors (Lipinski definition) is 3. The van der Waals surface area contributed by atoms with E-state index in [1.807, 2.05) is 6.08 Å². The Hall–Kier alpha value is -0.380. The van der Waals surface area contributed by atoms with Gasteiger partial charge in [0.05, 0.1) is 6.61 Å². The monoisotopic (exact) mass is 184 g/mol. The van der Waals surface area contributed by atoms with Crippen molar-refractivity contribution in [3.63, 3.8) is 0 Å². The van der Waals surface area contributed by atoms with Crippen LogP contribution in [0, 0.1) is 0 Å². The van der Waals surface area contributed by atoms with Gasteiger partial charge >= 0.3 is 0 Å². The van der Waals surface area contributed by atoms with Crippen LogP contribution in [0.2, 0.25) is 0 Å². The molecule has 0 aliphatic heterocycles. The topological polar surface area (TPSA) is 38.5 Å². The molecular weight excluding hydrogens is 164 g/mol. The first-order chi connectivity index (χ1) is 6.27. The first-order valence-electron chi connectivity index (χ1n) is 4.87. The van der Waals surface area contributed by atoms with Gasteiger partial charge in [-0.3, -0.25) is 4.90 Å². The average molecular weight is 184 g/mol. The lowest BCUT2D eigenvalue weighted by atomic mass is 10.3. The highest BCUT2D eigenvalue weighted by molar-refractivity contribution is 4.89. The molecule has 0 heterocycles. The van der Waals surface area contributed by atoms with E-state index in [0.717, 1.165) is 19.1 Å². The highest BCUT2D eigenvalue weighted by Crippen LogP contribution is 2.26. The molecule has 0 amide bonds. The standard InChI is InChI=1S/C10H20N2O/c1-3-6-12(10-4-5-10)7-9(11)8-13-2/h3,9-10H,1,4-8,11H2,2H3. The molecule has 1 aliphatic rings. The molecule has 0 spiro atoms. The van der Waals surface area contributed by atoms with Crippen molar-refractivity contribution < 1.29 is 4.74 Å². The van der Waals surface area contributed by atoms with Crippen LogP contribution in [0.4, 0.5) is 0 Å². The SMILES string of the molecule is C=CCN(CC(N)COC)C1CC1. The molecule has 0 aromatic rings. The van der Waals surface area contributed by atoms with Gasteiger partial charge in [0.1, 0.15) is 0 Å². The molecule has 0 bridgehead atoms. The summed E-state index contributed by atoms with van der Waals surface area (Å²) < 4.78 is 5.01. The van der Waals surface area contributed by atoms with Gasteiger partial charge in [-0.05, 0) is 12.8 Å². The van der Waals surface area contributed by atoms with E-state index >= 15 is 0 Å². The van der Waals surface area contributed by atoms with E-state index < -0.39 is 0 Å². The highest BCUT2D eigenvalue weighted by atomic mass is 16.5. The maximum absolute atomic E-state index is 5.88.